The molecule has 0 spiro atoms. The molecule has 5 rings (SSSR count). The Balaban J connectivity index is 1.27. The van der Waals surface area contributed by atoms with E-state index in [9.17, 15) is 4.79 Å². The molecule has 0 bridgehead atoms. The Morgan fingerprint density at radius 2 is 1.69 bits per heavy atom. The number of anilines is 3. The number of aromatic nitrogens is 2. The number of aryl methyl sites for hydroxylation is 2. The highest BCUT2D eigenvalue weighted by Gasteiger charge is 2.26. The molecule has 7 nitrogen and oxygen atoms in total. The molecule has 0 saturated carbocycles. The molecule has 0 atom stereocenters. The van der Waals surface area contributed by atoms with E-state index in [1.54, 1.807) is 0 Å². The van der Waals surface area contributed by atoms with Gasteiger partial charge in [-0.25, -0.2) is 4.98 Å². The number of fused-ring (bicyclic) bond motifs is 1. The molecule has 2 aromatic heterocycles. The van der Waals surface area contributed by atoms with Crippen LogP contribution < -0.4 is 10.2 Å². The number of nitrogens with one attached hydrogen (secondary N) is 1. The Morgan fingerprint density at radius 3 is 2.44 bits per heavy atom. The van der Waals surface area contributed by atoms with Crippen molar-refractivity contribution in [1.82, 2.24) is 14.9 Å². The van der Waals surface area contributed by atoms with Gasteiger partial charge in [0.1, 0.15) is 11.4 Å². The summed E-state index contributed by atoms with van der Waals surface area (Å²) < 4.78 is 5.75. The minimum atomic E-state index is -0.0762. The second-order valence-corrected chi connectivity index (χ2v) is 8.11. The van der Waals surface area contributed by atoms with Crippen molar-refractivity contribution in [3.8, 4) is 0 Å². The fraction of sp³-hybridized carbons (Fsp3) is 0.240. The fourth-order valence-electron chi connectivity index (χ4n) is 3.90. The number of furan rings is 1. The Hall–Kier alpha value is -3.87. The van der Waals surface area contributed by atoms with Crippen molar-refractivity contribution in [2.24, 2.45) is 0 Å². The number of carbonyl (C=O) groups excluding carboxylic acids is 1. The molecule has 162 valence electrons. The molecule has 1 N–H and O–H groups in total. The normalized spacial score (nSPS) is 14.1. The van der Waals surface area contributed by atoms with Crippen molar-refractivity contribution in [2.45, 2.75) is 13.8 Å². The Morgan fingerprint density at radius 1 is 0.938 bits per heavy atom. The number of hydrogen-bond acceptors (Lipinski definition) is 6. The van der Waals surface area contributed by atoms with Gasteiger partial charge in [-0.2, -0.15) is 4.98 Å². The average Bonchev–Trinajstić information content (AvgIpc) is 3.24. The molecular formula is C25H25N5O2. The second-order valence-electron chi connectivity index (χ2n) is 8.11. The van der Waals surface area contributed by atoms with E-state index in [0.29, 0.717) is 37.9 Å². The van der Waals surface area contributed by atoms with Crippen LogP contribution in [0.4, 0.5) is 17.5 Å². The minimum Gasteiger partial charge on any atom is -0.451 e. The molecule has 1 aliphatic heterocycles. The maximum atomic E-state index is 12.9. The van der Waals surface area contributed by atoms with Gasteiger partial charge >= 0.3 is 0 Å². The third kappa shape index (κ3) is 4.14. The molecule has 3 heterocycles. The number of piperazine rings is 1. The zero-order chi connectivity index (χ0) is 22.1. The Bertz CT molecular complexity index is 1220. The number of para-hydroxylation sites is 1. The first-order chi connectivity index (χ1) is 15.5. The number of nitrogens with zero attached hydrogens (tertiary/aromatic N) is 4. The second kappa shape index (κ2) is 8.34. The predicted octanol–water partition coefficient (Wildman–Crippen LogP) is 4.55. The van der Waals surface area contributed by atoms with E-state index < -0.39 is 0 Å². The van der Waals surface area contributed by atoms with Gasteiger partial charge in [0.05, 0.1) is 0 Å². The summed E-state index contributed by atoms with van der Waals surface area (Å²) in [6.45, 7) is 6.54. The van der Waals surface area contributed by atoms with Gasteiger partial charge in [-0.05, 0) is 38.1 Å². The van der Waals surface area contributed by atoms with E-state index in [1.807, 2.05) is 60.4 Å². The van der Waals surface area contributed by atoms with Crippen LogP contribution in [0.2, 0.25) is 0 Å². The van der Waals surface area contributed by atoms with Crippen LogP contribution in [-0.4, -0.2) is 47.0 Å². The predicted molar refractivity (Wildman–Crippen MR) is 126 cm³/mol. The summed E-state index contributed by atoms with van der Waals surface area (Å²) in [7, 11) is 0. The molecule has 1 saturated heterocycles. The van der Waals surface area contributed by atoms with Crippen molar-refractivity contribution in [3.63, 3.8) is 0 Å². The zero-order valence-corrected chi connectivity index (χ0v) is 18.2. The van der Waals surface area contributed by atoms with Crippen molar-refractivity contribution < 1.29 is 9.21 Å². The molecule has 2 aromatic carbocycles. The molecular weight excluding hydrogens is 402 g/mol. The summed E-state index contributed by atoms with van der Waals surface area (Å²) in [6, 6.07) is 19.6. The van der Waals surface area contributed by atoms with Crippen LogP contribution in [0.15, 0.2) is 65.1 Å². The highest BCUT2D eigenvalue weighted by atomic mass is 16.3. The first-order valence-electron chi connectivity index (χ1n) is 10.8. The minimum absolute atomic E-state index is 0.0762. The van der Waals surface area contributed by atoms with Crippen molar-refractivity contribution in [1.29, 1.82) is 0 Å². The maximum absolute atomic E-state index is 12.9. The summed E-state index contributed by atoms with van der Waals surface area (Å²) in [5.74, 6) is 1.75. The third-order valence-electron chi connectivity index (χ3n) is 5.65. The molecule has 0 aliphatic carbocycles. The summed E-state index contributed by atoms with van der Waals surface area (Å²) in [5, 5.41) is 4.30. The van der Waals surface area contributed by atoms with Crippen LogP contribution >= 0.6 is 0 Å². The van der Waals surface area contributed by atoms with Gasteiger partial charge < -0.3 is 19.5 Å². The number of benzene rings is 2. The van der Waals surface area contributed by atoms with Gasteiger partial charge in [0.15, 0.2) is 5.76 Å². The molecule has 7 heteroatoms. The molecule has 32 heavy (non-hydrogen) atoms. The van der Waals surface area contributed by atoms with E-state index in [4.69, 9.17) is 9.40 Å². The van der Waals surface area contributed by atoms with Crippen LogP contribution in [0.3, 0.4) is 0 Å². The highest BCUT2D eigenvalue weighted by molar-refractivity contribution is 5.96. The van der Waals surface area contributed by atoms with E-state index in [-0.39, 0.29) is 5.91 Å². The standard InChI is InChI=1S/C25H25N5O2/c1-17-7-9-20(10-8-17)27-23-15-18(2)26-25(28-23)30-13-11-29(12-14-30)24(31)22-16-19-5-3-4-6-21(19)32-22/h3-10,15-16H,11-14H2,1-2H3,(H,26,27,28). The first kappa shape index (κ1) is 20.1. The van der Waals surface area contributed by atoms with Crippen LogP contribution in [0.25, 0.3) is 11.0 Å². The van der Waals surface area contributed by atoms with E-state index >= 15 is 0 Å². The van der Waals surface area contributed by atoms with Gasteiger partial charge in [-0.1, -0.05) is 35.9 Å². The van der Waals surface area contributed by atoms with Gasteiger partial charge in [0, 0.05) is 49.0 Å². The number of hydrogen-bond donors (Lipinski definition) is 1. The topological polar surface area (TPSA) is 74.5 Å². The van der Waals surface area contributed by atoms with Crippen LogP contribution in [0, 0.1) is 13.8 Å². The number of carbonyl (C=O) groups is 1. The Labute approximate surface area is 186 Å². The monoisotopic (exact) mass is 427 g/mol. The summed E-state index contributed by atoms with van der Waals surface area (Å²) in [4.78, 5) is 26.2. The van der Waals surface area contributed by atoms with Crippen LogP contribution in [-0.2, 0) is 0 Å². The van der Waals surface area contributed by atoms with Crippen molar-refractivity contribution >= 4 is 34.3 Å². The van der Waals surface area contributed by atoms with Gasteiger partial charge in [-0.3, -0.25) is 4.79 Å². The largest absolute Gasteiger partial charge is 0.451 e. The molecule has 1 amide bonds. The van der Waals surface area contributed by atoms with Gasteiger partial charge in [-0.15, -0.1) is 0 Å². The molecule has 1 fully saturated rings. The molecule has 1 aliphatic rings. The zero-order valence-electron chi connectivity index (χ0n) is 18.2. The number of amides is 1. The van der Waals surface area contributed by atoms with Gasteiger partial charge in [0.2, 0.25) is 5.95 Å². The average molecular weight is 428 g/mol. The van der Waals surface area contributed by atoms with E-state index in [1.165, 1.54) is 5.56 Å². The quantitative estimate of drug-likeness (QED) is 0.515. The lowest BCUT2D eigenvalue weighted by Gasteiger charge is -2.34. The molecule has 0 unspecified atom stereocenters. The summed E-state index contributed by atoms with van der Waals surface area (Å²) in [5.41, 5.74) is 3.83. The fourth-order valence-corrected chi connectivity index (χ4v) is 3.90. The summed E-state index contributed by atoms with van der Waals surface area (Å²) in [6.07, 6.45) is 0. The van der Waals surface area contributed by atoms with Crippen molar-refractivity contribution in [2.75, 3.05) is 36.4 Å². The van der Waals surface area contributed by atoms with E-state index in [2.05, 4.69) is 34.3 Å². The first-order valence-corrected chi connectivity index (χ1v) is 10.8. The molecule has 4 aromatic rings. The smallest absolute Gasteiger partial charge is 0.289 e. The van der Waals surface area contributed by atoms with Crippen LogP contribution in [0.5, 0.6) is 0 Å². The lowest BCUT2D eigenvalue weighted by atomic mass is 10.2. The third-order valence-corrected chi connectivity index (χ3v) is 5.65. The van der Waals surface area contributed by atoms with Gasteiger partial charge in [0.25, 0.3) is 5.91 Å². The summed E-state index contributed by atoms with van der Waals surface area (Å²) >= 11 is 0. The lowest BCUT2D eigenvalue weighted by molar-refractivity contribution is 0.0716. The highest BCUT2D eigenvalue weighted by Crippen LogP contribution is 2.22. The molecule has 0 radical (unpaired) electrons. The lowest BCUT2D eigenvalue weighted by Crippen LogP contribution is -2.49. The van der Waals surface area contributed by atoms with Crippen molar-refractivity contribution in [3.05, 3.63) is 77.7 Å². The Kier molecular flexibility index (Phi) is 5.23. The maximum Gasteiger partial charge on any atom is 0.289 e. The van der Waals surface area contributed by atoms with E-state index in [0.717, 1.165) is 28.2 Å². The SMILES string of the molecule is Cc1ccc(Nc2cc(C)nc(N3CCN(C(=O)c4cc5ccccc5o4)CC3)n2)cc1. The number of rotatable bonds is 4. The van der Waals surface area contributed by atoms with Crippen LogP contribution in [0.1, 0.15) is 21.8 Å².